The van der Waals surface area contributed by atoms with E-state index in [9.17, 15) is 4.79 Å². The van der Waals surface area contributed by atoms with Gasteiger partial charge in [0.05, 0.1) is 0 Å². The van der Waals surface area contributed by atoms with Gasteiger partial charge in [0.15, 0.2) is 0 Å². The van der Waals surface area contributed by atoms with Gasteiger partial charge in [0.2, 0.25) is 0 Å². The number of ether oxygens (including phenoxy) is 1. The lowest BCUT2D eigenvalue weighted by Gasteiger charge is -2.24. The van der Waals surface area contributed by atoms with Gasteiger partial charge >= 0.3 is 6.09 Å². The van der Waals surface area contributed by atoms with E-state index in [1.54, 1.807) is 0 Å². The summed E-state index contributed by atoms with van der Waals surface area (Å²) < 4.78 is 5.17. The van der Waals surface area contributed by atoms with Gasteiger partial charge in [-0.1, -0.05) is 20.8 Å². The Hall–Kier alpha value is -0.730. The Morgan fingerprint density at radius 3 is 2.14 bits per heavy atom. The van der Waals surface area contributed by atoms with Crippen molar-refractivity contribution in [2.24, 2.45) is 5.92 Å². The smallest absolute Gasteiger partial charge is 0.407 e. The third-order valence-corrected chi connectivity index (χ3v) is 1.95. The molecule has 1 atom stereocenters. The van der Waals surface area contributed by atoms with Gasteiger partial charge in [-0.3, -0.25) is 0 Å². The first-order valence-corrected chi connectivity index (χ1v) is 5.25. The Morgan fingerprint density at radius 1 is 1.36 bits per heavy atom. The number of carbonyl (C=O) groups is 1. The Kier molecular flexibility index (Phi) is 4.95. The topological polar surface area (TPSA) is 38.3 Å². The molecule has 3 heteroatoms. The largest absolute Gasteiger partial charge is 0.444 e. The van der Waals surface area contributed by atoms with E-state index in [1.807, 2.05) is 20.8 Å². The Labute approximate surface area is 87.2 Å². The van der Waals surface area contributed by atoms with Gasteiger partial charge in [0.1, 0.15) is 5.60 Å². The molecule has 0 aliphatic heterocycles. The van der Waals surface area contributed by atoms with Crippen LogP contribution in [0, 0.1) is 5.92 Å². The maximum Gasteiger partial charge on any atom is 0.407 e. The van der Waals surface area contributed by atoms with Crippen LogP contribution < -0.4 is 5.32 Å². The fraction of sp³-hybridized carbons (Fsp3) is 0.909. The lowest BCUT2D eigenvalue weighted by molar-refractivity contribution is 0.0489. The lowest BCUT2D eigenvalue weighted by Crippen LogP contribution is -2.41. The zero-order chi connectivity index (χ0) is 11.4. The second-order valence-corrected chi connectivity index (χ2v) is 4.90. The summed E-state index contributed by atoms with van der Waals surface area (Å²) in [7, 11) is 0. The van der Waals surface area contributed by atoms with E-state index in [2.05, 4.69) is 26.1 Å². The number of carbonyl (C=O) groups excluding carboxylic acids is 1. The number of nitrogens with one attached hydrogen (secondary N) is 1. The van der Waals surface area contributed by atoms with Gasteiger partial charge in [-0.15, -0.1) is 0 Å². The minimum Gasteiger partial charge on any atom is -0.444 e. The molecule has 0 aliphatic carbocycles. The molecule has 0 saturated heterocycles. The molecular weight excluding hydrogens is 178 g/mol. The van der Waals surface area contributed by atoms with Crippen LogP contribution in [0.5, 0.6) is 0 Å². The van der Waals surface area contributed by atoms with Gasteiger partial charge in [0.25, 0.3) is 0 Å². The molecule has 1 unspecified atom stereocenters. The summed E-state index contributed by atoms with van der Waals surface area (Å²) in [5.41, 5.74) is -0.417. The molecule has 3 nitrogen and oxygen atoms in total. The summed E-state index contributed by atoms with van der Waals surface area (Å²) in [6, 6.07) is 0.199. The maximum atomic E-state index is 11.4. The van der Waals surface area contributed by atoms with Crippen LogP contribution in [0.3, 0.4) is 0 Å². The Balaban J connectivity index is 4.04. The van der Waals surface area contributed by atoms with Crippen LogP contribution in [-0.4, -0.2) is 17.7 Å². The van der Waals surface area contributed by atoms with E-state index in [0.29, 0.717) is 5.92 Å². The zero-order valence-corrected chi connectivity index (χ0v) is 10.2. The fourth-order valence-electron chi connectivity index (χ4n) is 1.20. The minimum atomic E-state index is -0.417. The molecule has 14 heavy (non-hydrogen) atoms. The molecule has 0 heterocycles. The average Bonchev–Trinajstić information content (AvgIpc) is 1.96. The molecule has 1 N–H and O–H groups in total. The van der Waals surface area contributed by atoms with Crippen molar-refractivity contribution in [1.82, 2.24) is 5.32 Å². The van der Waals surface area contributed by atoms with E-state index in [-0.39, 0.29) is 12.1 Å². The van der Waals surface area contributed by atoms with Crippen molar-refractivity contribution >= 4 is 6.09 Å². The molecule has 0 aromatic rings. The molecule has 0 rings (SSSR count). The summed E-state index contributed by atoms with van der Waals surface area (Å²) >= 11 is 0. The van der Waals surface area contributed by atoms with Crippen LogP contribution in [-0.2, 0) is 4.74 Å². The van der Waals surface area contributed by atoms with E-state index in [0.717, 1.165) is 6.42 Å². The van der Waals surface area contributed by atoms with Crippen LogP contribution in [0.25, 0.3) is 0 Å². The number of hydrogen-bond donors (Lipinski definition) is 1. The van der Waals surface area contributed by atoms with E-state index < -0.39 is 5.60 Å². The minimum absolute atomic E-state index is 0.199. The van der Waals surface area contributed by atoms with Crippen molar-refractivity contribution in [3.8, 4) is 0 Å². The van der Waals surface area contributed by atoms with Crippen LogP contribution >= 0.6 is 0 Å². The normalized spacial score (nSPS) is 13.9. The summed E-state index contributed by atoms with van der Waals surface area (Å²) in [6.07, 6.45) is 0.606. The van der Waals surface area contributed by atoms with Crippen LogP contribution in [0.1, 0.15) is 48.0 Å². The summed E-state index contributed by atoms with van der Waals surface area (Å²) in [5.74, 6) is 0.438. The van der Waals surface area contributed by atoms with Crippen molar-refractivity contribution in [3.63, 3.8) is 0 Å². The molecule has 0 bridgehead atoms. The van der Waals surface area contributed by atoms with Crippen LogP contribution in [0.2, 0.25) is 0 Å². The average molecular weight is 201 g/mol. The number of alkyl carbamates (subject to hydrolysis) is 1. The van der Waals surface area contributed by atoms with Gasteiger partial charge in [-0.25, -0.2) is 4.79 Å². The molecule has 0 aliphatic rings. The highest BCUT2D eigenvalue weighted by molar-refractivity contribution is 5.68. The first-order chi connectivity index (χ1) is 6.26. The van der Waals surface area contributed by atoms with Crippen molar-refractivity contribution in [1.29, 1.82) is 0 Å². The van der Waals surface area contributed by atoms with Crippen LogP contribution in [0.4, 0.5) is 4.79 Å². The molecule has 0 radical (unpaired) electrons. The highest BCUT2D eigenvalue weighted by Crippen LogP contribution is 2.09. The lowest BCUT2D eigenvalue weighted by atomic mass is 10.0. The van der Waals surface area contributed by atoms with Crippen molar-refractivity contribution in [2.75, 3.05) is 0 Å². The molecule has 0 spiro atoms. The third kappa shape index (κ3) is 5.84. The predicted octanol–water partition coefficient (Wildman–Crippen LogP) is 2.95. The summed E-state index contributed by atoms with van der Waals surface area (Å²) in [6.45, 7) is 11.8. The number of amides is 1. The van der Waals surface area contributed by atoms with E-state index in [4.69, 9.17) is 4.74 Å². The molecule has 1 amide bonds. The summed E-state index contributed by atoms with van der Waals surface area (Å²) in [5, 5.41) is 2.86. The second-order valence-electron chi connectivity index (χ2n) is 4.90. The SMILES string of the molecule is CCC(NC(=O)OC(C)(C)C)C(C)C. The van der Waals surface area contributed by atoms with Crippen molar-refractivity contribution in [3.05, 3.63) is 0 Å². The molecule has 84 valence electrons. The molecule has 0 fully saturated rings. The quantitative estimate of drug-likeness (QED) is 0.762. The predicted molar refractivity (Wildman–Crippen MR) is 58.3 cm³/mol. The highest BCUT2D eigenvalue weighted by atomic mass is 16.6. The fourth-order valence-corrected chi connectivity index (χ4v) is 1.20. The first kappa shape index (κ1) is 13.3. The number of hydrogen-bond acceptors (Lipinski definition) is 2. The van der Waals surface area contributed by atoms with Gasteiger partial charge < -0.3 is 10.1 Å². The Bertz CT molecular complexity index is 182. The highest BCUT2D eigenvalue weighted by Gasteiger charge is 2.19. The number of rotatable bonds is 3. The maximum absolute atomic E-state index is 11.4. The standard InChI is InChI=1S/C11H23NO2/c1-7-9(8(2)3)12-10(13)14-11(4,5)6/h8-9H,7H2,1-6H3,(H,12,13). The van der Waals surface area contributed by atoms with Crippen molar-refractivity contribution < 1.29 is 9.53 Å². The van der Waals surface area contributed by atoms with E-state index >= 15 is 0 Å². The van der Waals surface area contributed by atoms with Gasteiger partial charge in [-0.2, -0.15) is 0 Å². The first-order valence-electron chi connectivity index (χ1n) is 5.25. The molecule has 0 saturated carbocycles. The monoisotopic (exact) mass is 201 g/mol. The van der Waals surface area contributed by atoms with E-state index in [1.165, 1.54) is 0 Å². The molecule has 0 aromatic carbocycles. The molecular formula is C11H23NO2. The second kappa shape index (κ2) is 5.23. The van der Waals surface area contributed by atoms with Gasteiger partial charge in [-0.05, 0) is 33.1 Å². The zero-order valence-electron chi connectivity index (χ0n) is 10.2. The molecule has 0 aromatic heterocycles. The van der Waals surface area contributed by atoms with Gasteiger partial charge in [0, 0.05) is 6.04 Å². The summed E-state index contributed by atoms with van der Waals surface area (Å²) in [4.78, 5) is 11.4. The third-order valence-electron chi connectivity index (χ3n) is 1.95. The van der Waals surface area contributed by atoms with Crippen molar-refractivity contribution in [2.45, 2.75) is 59.6 Å². The Morgan fingerprint density at radius 2 is 1.86 bits per heavy atom. The van der Waals surface area contributed by atoms with Crippen LogP contribution in [0.15, 0.2) is 0 Å².